The number of rotatable bonds is 8. The van der Waals surface area contributed by atoms with Crippen molar-refractivity contribution in [3.8, 4) is 0 Å². The first-order valence-electron chi connectivity index (χ1n) is 4.09. The molecule has 10 nitrogen and oxygen atoms in total. The second-order valence-electron chi connectivity index (χ2n) is 2.72. The van der Waals surface area contributed by atoms with Crippen molar-refractivity contribution in [2.24, 2.45) is 0 Å². The van der Waals surface area contributed by atoms with Gasteiger partial charge in [0.15, 0.2) is 0 Å². The van der Waals surface area contributed by atoms with Crippen LogP contribution < -0.4 is 0 Å². The van der Waals surface area contributed by atoms with E-state index in [2.05, 4.69) is 18.8 Å². The Bertz CT molecular complexity index is 490. The lowest BCUT2D eigenvalue weighted by Gasteiger charge is -2.14. The Morgan fingerprint density at radius 2 is 1.57 bits per heavy atom. The summed E-state index contributed by atoms with van der Waals surface area (Å²) in [6.07, 6.45) is 0. The molecule has 0 saturated carbocycles. The Hall–Kier alpha value is -1.20. The van der Waals surface area contributed by atoms with Gasteiger partial charge in [-0.05, 0) is 0 Å². The van der Waals surface area contributed by atoms with Crippen LogP contribution in [0.15, 0.2) is 0 Å². The maximum absolute atomic E-state index is 12.7. The van der Waals surface area contributed by atoms with E-state index in [1.54, 1.807) is 0 Å². The SMILES string of the molecule is O=C(OCOC(=O)C(F)(F)S(=O)(=O)O)C(F)(F)SOOO. The van der Waals surface area contributed by atoms with E-state index in [4.69, 9.17) is 9.81 Å². The van der Waals surface area contributed by atoms with E-state index in [0.29, 0.717) is 0 Å². The Labute approximate surface area is 116 Å². The molecule has 21 heavy (non-hydrogen) atoms. The fourth-order valence-corrected chi connectivity index (χ4v) is 1.01. The molecule has 0 aromatic heterocycles. The summed E-state index contributed by atoms with van der Waals surface area (Å²) in [5.74, 6) is -5.34. The molecule has 0 amide bonds. The molecule has 124 valence electrons. The zero-order valence-electron chi connectivity index (χ0n) is 9.20. The predicted molar refractivity (Wildman–Crippen MR) is 50.9 cm³/mol. The van der Waals surface area contributed by atoms with E-state index in [0.717, 1.165) is 0 Å². The van der Waals surface area contributed by atoms with Crippen LogP contribution in [-0.2, 0) is 38.6 Å². The van der Waals surface area contributed by atoms with Crippen LogP contribution >= 0.6 is 12.0 Å². The van der Waals surface area contributed by atoms with Gasteiger partial charge in [-0.15, -0.1) is 4.33 Å². The van der Waals surface area contributed by atoms with Crippen LogP contribution in [0.2, 0.25) is 0 Å². The summed E-state index contributed by atoms with van der Waals surface area (Å²) in [4.78, 5) is 21.2. The first kappa shape index (κ1) is 19.8. The standard InChI is InChI=1S/C5H4F4O10S2/c6-4(7,20-19-18-12)2(10)16-1-17-3(11)5(8,9)21(13,14)15/h12H,1H2,(H,13,14,15). The number of hydrogen-bond acceptors (Lipinski definition) is 10. The van der Waals surface area contributed by atoms with Crippen molar-refractivity contribution < 1.29 is 64.2 Å². The van der Waals surface area contributed by atoms with Crippen LogP contribution in [0.5, 0.6) is 0 Å². The van der Waals surface area contributed by atoms with Gasteiger partial charge in [0.2, 0.25) is 6.79 Å². The largest absolute Gasteiger partial charge is 0.465 e. The van der Waals surface area contributed by atoms with E-state index in [1.807, 2.05) is 0 Å². The van der Waals surface area contributed by atoms with Gasteiger partial charge in [0.25, 0.3) is 0 Å². The quantitative estimate of drug-likeness (QED) is 0.116. The molecule has 0 heterocycles. The third kappa shape index (κ3) is 5.59. The molecule has 0 unspecified atom stereocenters. The fourth-order valence-electron chi connectivity index (χ4n) is 0.502. The van der Waals surface area contributed by atoms with E-state index in [-0.39, 0.29) is 0 Å². The number of halogens is 4. The molecule has 0 saturated heterocycles. The minimum atomic E-state index is -6.16. The van der Waals surface area contributed by atoms with Gasteiger partial charge >= 0.3 is 32.6 Å². The van der Waals surface area contributed by atoms with E-state index < -0.39 is 51.4 Å². The van der Waals surface area contributed by atoms with Crippen LogP contribution in [0.25, 0.3) is 0 Å². The van der Waals surface area contributed by atoms with Crippen molar-refractivity contribution in [2.45, 2.75) is 10.5 Å². The number of carbonyl (C=O) groups excluding carboxylic acids is 2. The van der Waals surface area contributed by atoms with Crippen LogP contribution in [0.4, 0.5) is 17.6 Å². The second-order valence-corrected chi connectivity index (χ2v) is 4.99. The second kappa shape index (κ2) is 7.18. The maximum Gasteiger partial charge on any atom is 0.465 e. The third-order valence-electron chi connectivity index (χ3n) is 1.35. The zero-order valence-corrected chi connectivity index (χ0v) is 10.8. The van der Waals surface area contributed by atoms with Crippen molar-refractivity contribution in [1.29, 1.82) is 0 Å². The van der Waals surface area contributed by atoms with Crippen LogP contribution in [0.1, 0.15) is 0 Å². The van der Waals surface area contributed by atoms with Crippen molar-refractivity contribution in [3.63, 3.8) is 0 Å². The molecule has 16 heteroatoms. The molecule has 0 aliphatic rings. The molecule has 0 aliphatic heterocycles. The number of esters is 2. The monoisotopic (exact) mass is 364 g/mol. The summed E-state index contributed by atoms with van der Waals surface area (Å²) in [5, 5.41) is 0.443. The van der Waals surface area contributed by atoms with Gasteiger partial charge < -0.3 is 9.47 Å². The van der Waals surface area contributed by atoms with E-state index in [1.165, 1.54) is 0 Å². The molecular formula is C5H4F4O10S2. The molecule has 0 bridgehead atoms. The minimum Gasteiger partial charge on any atom is -0.423 e. The summed E-state index contributed by atoms with van der Waals surface area (Å²) >= 11 is -1.05. The Kier molecular flexibility index (Phi) is 6.77. The van der Waals surface area contributed by atoms with Crippen molar-refractivity contribution >= 4 is 34.1 Å². The third-order valence-corrected chi connectivity index (χ3v) is 2.67. The molecule has 2 N–H and O–H groups in total. The average Bonchev–Trinajstić information content (AvgIpc) is 2.34. The Morgan fingerprint density at radius 3 is 2.00 bits per heavy atom. The first-order valence-corrected chi connectivity index (χ1v) is 6.27. The molecular weight excluding hydrogens is 360 g/mol. The lowest BCUT2D eigenvalue weighted by molar-refractivity contribution is -0.433. The van der Waals surface area contributed by atoms with Gasteiger partial charge in [-0.25, -0.2) is 14.8 Å². The normalized spacial score (nSPS) is 12.9. The molecule has 0 aromatic carbocycles. The highest BCUT2D eigenvalue weighted by Gasteiger charge is 2.54. The van der Waals surface area contributed by atoms with E-state index >= 15 is 0 Å². The van der Waals surface area contributed by atoms with Crippen LogP contribution in [-0.4, -0.2) is 47.5 Å². The smallest absolute Gasteiger partial charge is 0.423 e. The predicted octanol–water partition coefficient (Wildman–Crippen LogP) is 0.173. The van der Waals surface area contributed by atoms with Gasteiger partial charge in [0.1, 0.15) is 12.0 Å². The highest BCUT2D eigenvalue weighted by Crippen LogP contribution is 2.31. The van der Waals surface area contributed by atoms with Crippen LogP contribution in [0.3, 0.4) is 0 Å². The lowest BCUT2D eigenvalue weighted by Crippen LogP contribution is -2.39. The summed E-state index contributed by atoms with van der Waals surface area (Å²) in [7, 11) is -6.16. The number of ether oxygens (including phenoxy) is 2. The van der Waals surface area contributed by atoms with Gasteiger partial charge in [-0.2, -0.15) is 26.0 Å². The highest BCUT2D eigenvalue weighted by molar-refractivity contribution is 7.96. The molecule has 0 aromatic rings. The number of hydrogen-bond donors (Lipinski definition) is 2. The molecule has 0 radical (unpaired) electrons. The summed E-state index contributed by atoms with van der Waals surface area (Å²) < 4.78 is 88.8. The Morgan fingerprint density at radius 1 is 1.10 bits per heavy atom. The summed E-state index contributed by atoms with van der Waals surface area (Å²) in [6, 6.07) is 0. The molecule has 0 atom stereocenters. The fraction of sp³-hybridized carbons (Fsp3) is 0.600. The zero-order chi connectivity index (χ0) is 16.9. The van der Waals surface area contributed by atoms with Crippen molar-refractivity contribution in [3.05, 3.63) is 0 Å². The molecule has 0 fully saturated rings. The number of alkyl halides is 4. The highest BCUT2D eigenvalue weighted by atomic mass is 32.2. The molecule has 0 spiro atoms. The Balaban J connectivity index is 4.45. The van der Waals surface area contributed by atoms with Gasteiger partial charge in [-0.3, -0.25) is 4.55 Å². The number of carbonyl (C=O) groups is 2. The van der Waals surface area contributed by atoms with Crippen LogP contribution in [0, 0.1) is 0 Å². The van der Waals surface area contributed by atoms with Gasteiger partial charge in [0.05, 0.1) is 0 Å². The topological polar surface area (TPSA) is 146 Å². The first-order chi connectivity index (χ1) is 9.36. The molecule has 0 aliphatic carbocycles. The van der Waals surface area contributed by atoms with Crippen molar-refractivity contribution in [1.82, 2.24) is 0 Å². The van der Waals surface area contributed by atoms with Gasteiger partial charge in [-0.1, -0.05) is 5.04 Å². The average molecular weight is 364 g/mol. The van der Waals surface area contributed by atoms with Crippen molar-refractivity contribution in [2.75, 3.05) is 6.79 Å². The van der Waals surface area contributed by atoms with E-state index in [9.17, 15) is 35.6 Å². The van der Waals surface area contributed by atoms with Gasteiger partial charge in [0, 0.05) is 0 Å². The molecule has 0 rings (SSSR count). The lowest BCUT2D eigenvalue weighted by atomic mass is 10.7. The minimum absolute atomic E-state index is 1.05. The summed E-state index contributed by atoms with van der Waals surface area (Å²) in [5.41, 5.74) is 0. The maximum atomic E-state index is 12.7. The summed E-state index contributed by atoms with van der Waals surface area (Å²) in [6.45, 7) is -1.82.